The Bertz CT molecular complexity index is 1120. The Kier molecular flexibility index (Phi) is 12.2. The van der Waals surface area contributed by atoms with Gasteiger partial charge in [-0.25, -0.2) is 4.79 Å². The average molecular weight is 575 g/mol. The first-order valence-corrected chi connectivity index (χ1v) is 14.2. The number of carbonyl (C=O) groups excluding carboxylic acids is 2. The molecule has 10 heteroatoms. The molecular weight excluding hydrogens is 536 g/mol. The lowest BCUT2D eigenvalue weighted by Gasteiger charge is -2.34. The number of hydrogen-bond acceptors (Lipinski definition) is 6. The van der Waals surface area contributed by atoms with Crippen LogP contribution in [0.15, 0.2) is 42.5 Å². The number of likely N-dealkylation sites (tertiary alicyclic amines) is 1. The average Bonchev–Trinajstić information content (AvgIpc) is 3.26. The zero-order chi connectivity index (χ0) is 29.1. The summed E-state index contributed by atoms with van der Waals surface area (Å²) in [6, 6.07) is 14.3. The minimum Gasteiger partial charge on any atom is -0.491 e. The van der Waals surface area contributed by atoms with E-state index in [4.69, 9.17) is 31.3 Å². The maximum Gasteiger partial charge on any atom is 0.503 e. The molecule has 1 atom stereocenters. The van der Waals surface area contributed by atoms with Crippen LogP contribution in [0, 0.1) is 5.92 Å². The van der Waals surface area contributed by atoms with Gasteiger partial charge in [-0.2, -0.15) is 0 Å². The van der Waals surface area contributed by atoms with Crippen LogP contribution in [0.25, 0.3) is 0 Å². The second-order valence-electron chi connectivity index (χ2n) is 10.3. The number of carbonyl (C=O) groups is 3. The van der Waals surface area contributed by atoms with Gasteiger partial charge in [0.15, 0.2) is 0 Å². The standard InChI is InChI=1S/C29H37ClN2O4.CH2O3/c1-21(24-8-10-26(30)11-9-24)31(18-22-5-3-2-4-6-22)19-23-7-12-27(25(17-23)20-33)36-16-15-32-28(34)13-14-29(32)35;2-1(3)4/h7-12,17,21-22,33H,2-6,13-16,18-20H2,1H3;(H2,2,3,4)/t21-;/m0./s1. The van der Waals surface area contributed by atoms with Gasteiger partial charge >= 0.3 is 6.16 Å². The zero-order valence-electron chi connectivity index (χ0n) is 22.9. The van der Waals surface area contributed by atoms with Gasteiger partial charge in [0.2, 0.25) is 11.8 Å². The van der Waals surface area contributed by atoms with Gasteiger partial charge in [-0.05, 0) is 61.1 Å². The van der Waals surface area contributed by atoms with E-state index in [2.05, 4.69) is 24.0 Å². The van der Waals surface area contributed by atoms with Gasteiger partial charge in [-0.1, -0.05) is 49.1 Å². The first-order chi connectivity index (χ1) is 19.2. The molecule has 9 nitrogen and oxygen atoms in total. The molecule has 0 radical (unpaired) electrons. The second kappa shape index (κ2) is 15.6. The number of aliphatic hydroxyl groups excluding tert-OH is 1. The van der Waals surface area contributed by atoms with E-state index in [1.165, 1.54) is 42.6 Å². The normalized spacial score (nSPS) is 16.6. The topological polar surface area (TPSA) is 128 Å². The highest BCUT2D eigenvalue weighted by atomic mass is 35.5. The van der Waals surface area contributed by atoms with Crippen molar-refractivity contribution >= 4 is 29.6 Å². The summed E-state index contributed by atoms with van der Waals surface area (Å²) in [5.41, 5.74) is 3.07. The quantitative estimate of drug-likeness (QED) is 0.290. The van der Waals surface area contributed by atoms with E-state index in [-0.39, 0.29) is 50.5 Å². The minimum absolute atomic E-state index is 0.139. The fourth-order valence-electron chi connectivity index (χ4n) is 5.36. The van der Waals surface area contributed by atoms with E-state index in [1.807, 2.05) is 30.3 Å². The van der Waals surface area contributed by atoms with Crippen molar-refractivity contribution in [2.24, 2.45) is 5.92 Å². The number of nitrogens with zero attached hydrogens (tertiary/aromatic N) is 2. The van der Waals surface area contributed by atoms with E-state index in [1.54, 1.807) is 0 Å². The molecule has 0 unspecified atom stereocenters. The van der Waals surface area contributed by atoms with Crippen molar-refractivity contribution in [2.75, 3.05) is 19.7 Å². The number of aliphatic hydroxyl groups is 1. The predicted molar refractivity (Wildman–Crippen MR) is 151 cm³/mol. The molecule has 2 aromatic rings. The summed E-state index contributed by atoms with van der Waals surface area (Å²) >= 11 is 6.13. The Hall–Kier alpha value is -3.14. The van der Waals surface area contributed by atoms with Gasteiger partial charge in [0, 0.05) is 42.6 Å². The zero-order valence-corrected chi connectivity index (χ0v) is 23.7. The molecule has 1 heterocycles. The van der Waals surface area contributed by atoms with Crippen molar-refractivity contribution in [3.8, 4) is 5.75 Å². The van der Waals surface area contributed by atoms with E-state index in [9.17, 15) is 14.7 Å². The summed E-state index contributed by atoms with van der Waals surface area (Å²) in [4.78, 5) is 36.0. The van der Waals surface area contributed by atoms with Crippen molar-refractivity contribution in [1.82, 2.24) is 9.80 Å². The highest BCUT2D eigenvalue weighted by Gasteiger charge is 2.28. The molecule has 1 saturated carbocycles. The SMILES string of the molecule is C[C@@H](c1ccc(Cl)cc1)N(Cc1ccc(OCCN2C(=O)CCC2=O)c(CO)c1)CC1CCCCC1.O=C(O)O. The lowest BCUT2D eigenvalue weighted by molar-refractivity contribution is -0.138. The summed E-state index contributed by atoms with van der Waals surface area (Å²) in [6.45, 7) is 4.36. The lowest BCUT2D eigenvalue weighted by Crippen LogP contribution is -2.33. The second-order valence-corrected chi connectivity index (χ2v) is 10.8. The van der Waals surface area contributed by atoms with E-state index >= 15 is 0 Å². The number of ether oxygens (including phenoxy) is 1. The third kappa shape index (κ3) is 9.50. The molecule has 0 spiro atoms. The highest BCUT2D eigenvalue weighted by Crippen LogP contribution is 2.31. The van der Waals surface area contributed by atoms with Crippen LogP contribution in [0.1, 0.15) is 74.6 Å². The molecule has 3 N–H and O–H groups in total. The van der Waals surface area contributed by atoms with Gasteiger partial charge in [-0.15, -0.1) is 0 Å². The van der Waals surface area contributed by atoms with Crippen LogP contribution in [0.5, 0.6) is 5.75 Å². The Morgan fingerprint density at radius 3 is 2.27 bits per heavy atom. The number of hydrogen-bond donors (Lipinski definition) is 3. The fourth-order valence-corrected chi connectivity index (χ4v) is 5.49. The van der Waals surface area contributed by atoms with Crippen LogP contribution < -0.4 is 4.74 Å². The Morgan fingerprint density at radius 1 is 1.05 bits per heavy atom. The summed E-state index contributed by atoms with van der Waals surface area (Å²) < 4.78 is 5.86. The van der Waals surface area contributed by atoms with Gasteiger partial charge in [-0.3, -0.25) is 19.4 Å². The Morgan fingerprint density at radius 2 is 1.68 bits per heavy atom. The first kappa shape index (κ1) is 31.4. The molecular formula is C30H39ClN2O7. The highest BCUT2D eigenvalue weighted by molar-refractivity contribution is 6.30. The summed E-state index contributed by atoms with van der Waals surface area (Å²) in [5.74, 6) is 0.998. The molecule has 0 aromatic heterocycles. The van der Waals surface area contributed by atoms with Crippen LogP contribution in [0.2, 0.25) is 5.02 Å². The Labute approximate surface area is 240 Å². The molecule has 218 valence electrons. The van der Waals surface area contributed by atoms with Crippen molar-refractivity contribution in [3.63, 3.8) is 0 Å². The van der Waals surface area contributed by atoms with Crippen molar-refractivity contribution in [2.45, 2.75) is 71.1 Å². The third-order valence-corrected chi connectivity index (χ3v) is 7.78. The lowest BCUT2D eigenvalue weighted by atomic mass is 9.88. The van der Waals surface area contributed by atoms with Crippen LogP contribution in [-0.4, -0.2) is 62.8 Å². The predicted octanol–water partition coefficient (Wildman–Crippen LogP) is 5.73. The number of imide groups is 1. The number of halogens is 1. The molecule has 2 amide bonds. The van der Waals surface area contributed by atoms with E-state index < -0.39 is 6.16 Å². The van der Waals surface area contributed by atoms with Gasteiger partial charge in [0.1, 0.15) is 12.4 Å². The van der Waals surface area contributed by atoms with Crippen LogP contribution in [0.3, 0.4) is 0 Å². The summed E-state index contributed by atoms with van der Waals surface area (Å²) in [6.07, 6.45) is 5.24. The van der Waals surface area contributed by atoms with E-state index in [0.717, 1.165) is 23.7 Å². The van der Waals surface area contributed by atoms with Gasteiger partial charge < -0.3 is 20.1 Å². The van der Waals surface area contributed by atoms with Crippen molar-refractivity contribution < 1.29 is 34.4 Å². The Balaban J connectivity index is 0.00000103. The molecule has 1 saturated heterocycles. The molecule has 2 aliphatic rings. The smallest absolute Gasteiger partial charge is 0.491 e. The third-order valence-electron chi connectivity index (χ3n) is 7.53. The van der Waals surface area contributed by atoms with E-state index in [0.29, 0.717) is 17.2 Å². The molecule has 1 aliphatic carbocycles. The molecule has 2 fully saturated rings. The fraction of sp³-hybridized carbons (Fsp3) is 0.500. The largest absolute Gasteiger partial charge is 0.503 e. The minimum atomic E-state index is -1.83. The summed E-state index contributed by atoms with van der Waals surface area (Å²) in [7, 11) is 0. The van der Waals surface area contributed by atoms with Crippen molar-refractivity contribution in [1.29, 1.82) is 0 Å². The van der Waals surface area contributed by atoms with Crippen molar-refractivity contribution in [3.05, 3.63) is 64.2 Å². The number of amides is 2. The van der Waals surface area contributed by atoms with Crippen LogP contribution in [-0.2, 0) is 22.7 Å². The molecule has 40 heavy (non-hydrogen) atoms. The number of benzene rings is 2. The van der Waals surface area contributed by atoms with Gasteiger partial charge in [0.25, 0.3) is 0 Å². The number of rotatable bonds is 11. The van der Waals surface area contributed by atoms with Gasteiger partial charge in [0.05, 0.1) is 13.2 Å². The maximum atomic E-state index is 11.8. The monoisotopic (exact) mass is 574 g/mol. The first-order valence-electron chi connectivity index (χ1n) is 13.8. The molecule has 1 aliphatic heterocycles. The molecule has 0 bridgehead atoms. The maximum absolute atomic E-state index is 11.8. The van der Waals surface area contributed by atoms with Crippen LogP contribution in [0.4, 0.5) is 4.79 Å². The molecule has 2 aromatic carbocycles. The summed E-state index contributed by atoms with van der Waals surface area (Å²) in [5, 5.41) is 24.7. The number of carboxylic acid groups (broad SMARTS) is 2. The molecule has 4 rings (SSSR count). The van der Waals surface area contributed by atoms with Crippen LogP contribution >= 0.6 is 11.6 Å².